The van der Waals surface area contributed by atoms with Crippen LogP contribution in [0.1, 0.15) is 10.4 Å². The van der Waals surface area contributed by atoms with E-state index in [1.54, 1.807) is 12.1 Å². The molecule has 1 heterocycles. The van der Waals surface area contributed by atoms with Crippen LogP contribution in [0.3, 0.4) is 0 Å². The van der Waals surface area contributed by atoms with Gasteiger partial charge in [0.1, 0.15) is 10.6 Å². The number of hydrogen-bond donors (Lipinski definition) is 2. The number of aromatic nitrogens is 2. The summed E-state index contributed by atoms with van der Waals surface area (Å²) in [4.78, 5) is 11.3. The molecule has 30 heavy (non-hydrogen) atoms. The molecule has 4 rings (SSSR count). The number of benzene rings is 3. The number of amides is 1. The van der Waals surface area contributed by atoms with Gasteiger partial charge in [-0.3, -0.25) is 9.52 Å². The van der Waals surface area contributed by atoms with Gasteiger partial charge >= 0.3 is 0 Å². The molecule has 8 heteroatoms. The van der Waals surface area contributed by atoms with Crippen molar-refractivity contribution in [1.29, 1.82) is 0 Å². The number of nitrogens with zero attached hydrogens (tertiary/aromatic N) is 2. The summed E-state index contributed by atoms with van der Waals surface area (Å²) in [5, 5.41) is 4.53. The van der Waals surface area contributed by atoms with Gasteiger partial charge in [-0.15, -0.1) is 0 Å². The van der Waals surface area contributed by atoms with Crippen molar-refractivity contribution in [3.63, 3.8) is 0 Å². The molecule has 1 aromatic heterocycles. The lowest BCUT2D eigenvalue weighted by Gasteiger charge is -2.08. The number of nitrogens with two attached hydrogens (primary N) is 1. The first-order valence-corrected chi connectivity index (χ1v) is 10.6. The fraction of sp³-hybridized carbons (Fsp3) is 0. The van der Waals surface area contributed by atoms with Crippen molar-refractivity contribution in [2.45, 2.75) is 4.90 Å². The minimum Gasteiger partial charge on any atom is -0.366 e. The Morgan fingerprint density at radius 2 is 1.47 bits per heavy atom. The van der Waals surface area contributed by atoms with E-state index in [1.165, 1.54) is 35.1 Å². The van der Waals surface area contributed by atoms with Crippen LogP contribution < -0.4 is 10.5 Å². The molecule has 0 aliphatic rings. The molecule has 0 aliphatic heterocycles. The van der Waals surface area contributed by atoms with Crippen LogP contribution in [0.2, 0.25) is 0 Å². The molecule has 0 unspecified atom stereocenters. The molecule has 1 amide bonds. The van der Waals surface area contributed by atoms with E-state index in [2.05, 4.69) is 9.82 Å². The zero-order valence-corrected chi connectivity index (χ0v) is 16.6. The average Bonchev–Trinajstić information content (AvgIpc) is 3.22. The molecule has 0 saturated carbocycles. The van der Waals surface area contributed by atoms with Crippen molar-refractivity contribution in [3.05, 3.63) is 96.7 Å². The predicted octanol–water partition coefficient (Wildman–Crippen LogP) is 3.44. The van der Waals surface area contributed by atoms with Gasteiger partial charge in [-0.25, -0.2) is 13.1 Å². The molecule has 0 atom stereocenters. The fourth-order valence-electron chi connectivity index (χ4n) is 2.98. The monoisotopic (exact) mass is 418 g/mol. The van der Waals surface area contributed by atoms with E-state index in [0.717, 1.165) is 5.69 Å². The van der Waals surface area contributed by atoms with Gasteiger partial charge < -0.3 is 5.73 Å². The molecular formula is C22H18N4O3S. The van der Waals surface area contributed by atoms with Gasteiger partial charge in [-0.1, -0.05) is 48.5 Å². The first kappa shape index (κ1) is 19.4. The van der Waals surface area contributed by atoms with Gasteiger partial charge in [0, 0.05) is 16.8 Å². The van der Waals surface area contributed by atoms with Crippen molar-refractivity contribution in [2.75, 3.05) is 4.72 Å². The summed E-state index contributed by atoms with van der Waals surface area (Å²) in [5.41, 5.74) is 7.59. The van der Waals surface area contributed by atoms with Gasteiger partial charge in [-0.2, -0.15) is 5.10 Å². The average molecular weight is 418 g/mol. The highest BCUT2D eigenvalue weighted by Gasteiger charge is 2.24. The van der Waals surface area contributed by atoms with Gasteiger partial charge in [0.2, 0.25) is 5.91 Å². The van der Waals surface area contributed by atoms with Gasteiger partial charge in [0.25, 0.3) is 10.0 Å². The van der Waals surface area contributed by atoms with Crippen molar-refractivity contribution < 1.29 is 13.2 Å². The number of carbonyl (C=O) groups excluding carboxylic acids is 1. The second kappa shape index (κ2) is 7.84. The maximum atomic E-state index is 13.2. The Morgan fingerprint density at radius 3 is 2.07 bits per heavy atom. The number of nitrogens with one attached hydrogen (secondary N) is 1. The number of sulfonamides is 1. The Labute approximate surface area is 173 Å². The summed E-state index contributed by atoms with van der Waals surface area (Å²) in [6, 6.07) is 24.3. The Kier molecular flexibility index (Phi) is 5.07. The van der Waals surface area contributed by atoms with Crippen molar-refractivity contribution in [1.82, 2.24) is 9.78 Å². The highest BCUT2D eigenvalue weighted by Crippen LogP contribution is 2.28. The maximum Gasteiger partial charge on any atom is 0.265 e. The predicted molar refractivity (Wildman–Crippen MR) is 115 cm³/mol. The molecule has 0 aliphatic carbocycles. The van der Waals surface area contributed by atoms with E-state index >= 15 is 0 Å². The molecule has 0 bridgehead atoms. The van der Waals surface area contributed by atoms with Crippen molar-refractivity contribution >= 4 is 21.6 Å². The first-order valence-electron chi connectivity index (χ1n) is 9.07. The topological polar surface area (TPSA) is 107 Å². The molecule has 4 aromatic rings. The Balaban J connectivity index is 1.77. The van der Waals surface area contributed by atoms with E-state index in [9.17, 15) is 13.2 Å². The van der Waals surface area contributed by atoms with Gasteiger partial charge in [-0.05, 0) is 36.4 Å². The van der Waals surface area contributed by atoms with E-state index in [0.29, 0.717) is 22.5 Å². The molecule has 0 saturated heterocycles. The highest BCUT2D eigenvalue weighted by atomic mass is 32.2. The molecule has 150 valence electrons. The summed E-state index contributed by atoms with van der Waals surface area (Å²) in [6.45, 7) is 0. The van der Waals surface area contributed by atoms with Crippen LogP contribution in [0.15, 0.2) is 96.0 Å². The maximum absolute atomic E-state index is 13.2. The summed E-state index contributed by atoms with van der Waals surface area (Å²) >= 11 is 0. The first-order chi connectivity index (χ1) is 14.4. The standard InChI is InChI=1S/C22H18N4O3S/c23-22(27)17-11-13-18(14-12-17)25-30(28,29)20-15-26(19-9-5-2-6-10-19)24-21(20)16-7-3-1-4-8-16/h1-15,25H,(H2,23,27). The van der Waals surface area contributed by atoms with Gasteiger partial charge in [0.05, 0.1) is 11.9 Å². The van der Waals surface area contributed by atoms with Crippen LogP contribution in [-0.2, 0) is 10.0 Å². The van der Waals surface area contributed by atoms with Crippen LogP contribution >= 0.6 is 0 Å². The van der Waals surface area contributed by atoms with Crippen LogP contribution in [0.25, 0.3) is 16.9 Å². The molecular weight excluding hydrogens is 400 g/mol. The SMILES string of the molecule is NC(=O)c1ccc(NS(=O)(=O)c2cn(-c3ccccc3)nc2-c2ccccc2)cc1. The number of hydrogen-bond acceptors (Lipinski definition) is 4. The number of rotatable bonds is 6. The van der Waals surface area contributed by atoms with E-state index < -0.39 is 15.9 Å². The van der Waals surface area contributed by atoms with Crippen LogP contribution in [0.4, 0.5) is 5.69 Å². The Hall–Kier alpha value is -3.91. The summed E-state index contributed by atoms with van der Waals surface area (Å²) < 4.78 is 30.5. The number of carbonyl (C=O) groups is 1. The minimum atomic E-state index is -3.96. The third-order valence-electron chi connectivity index (χ3n) is 4.46. The van der Waals surface area contributed by atoms with Crippen LogP contribution in [0, 0.1) is 0 Å². The lowest BCUT2D eigenvalue weighted by Crippen LogP contribution is -2.14. The number of anilines is 1. The van der Waals surface area contributed by atoms with E-state index in [-0.39, 0.29) is 4.90 Å². The van der Waals surface area contributed by atoms with E-state index in [4.69, 9.17) is 5.73 Å². The molecule has 0 spiro atoms. The van der Waals surface area contributed by atoms with Crippen LogP contribution in [-0.4, -0.2) is 24.1 Å². The Morgan fingerprint density at radius 1 is 0.867 bits per heavy atom. The molecule has 3 N–H and O–H groups in total. The van der Waals surface area contributed by atoms with Crippen LogP contribution in [0.5, 0.6) is 0 Å². The second-order valence-corrected chi connectivity index (χ2v) is 8.19. The molecule has 0 radical (unpaired) electrons. The number of primary amides is 1. The fourth-order valence-corrected chi connectivity index (χ4v) is 4.18. The Bertz CT molecular complexity index is 1280. The largest absolute Gasteiger partial charge is 0.366 e. The summed E-state index contributed by atoms with van der Waals surface area (Å²) in [7, 11) is -3.96. The highest BCUT2D eigenvalue weighted by molar-refractivity contribution is 7.92. The third-order valence-corrected chi connectivity index (χ3v) is 5.84. The van der Waals surface area contributed by atoms with Crippen molar-refractivity contribution in [3.8, 4) is 16.9 Å². The van der Waals surface area contributed by atoms with Crippen molar-refractivity contribution in [2.24, 2.45) is 5.73 Å². The quantitative estimate of drug-likeness (QED) is 0.500. The zero-order chi connectivity index (χ0) is 21.1. The lowest BCUT2D eigenvalue weighted by molar-refractivity contribution is 0.100. The summed E-state index contributed by atoms with van der Waals surface area (Å²) in [6.07, 6.45) is 1.48. The zero-order valence-electron chi connectivity index (χ0n) is 15.8. The third kappa shape index (κ3) is 3.94. The van der Waals surface area contributed by atoms with Gasteiger partial charge in [0.15, 0.2) is 0 Å². The molecule has 7 nitrogen and oxygen atoms in total. The normalized spacial score (nSPS) is 11.2. The summed E-state index contributed by atoms with van der Waals surface area (Å²) in [5.74, 6) is -0.583. The number of para-hydroxylation sites is 1. The minimum absolute atomic E-state index is 0.0385. The van der Waals surface area contributed by atoms with E-state index in [1.807, 2.05) is 48.5 Å². The smallest absolute Gasteiger partial charge is 0.265 e. The lowest BCUT2D eigenvalue weighted by atomic mass is 10.2. The molecule has 0 fully saturated rings. The second-order valence-electron chi connectivity index (χ2n) is 6.54. The molecule has 3 aromatic carbocycles.